The number of anilines is 1. The first-order valence-corrected chi connectivity index (χ1v) is 30.6. The molecule has 0 saturated carbocycles. The molecule has 28 nitrogen and oxygen atoms in total. The van der Waals surface area contributed by atoms with Gasteiger partial charge in [0, 0.05) is 37.1 Å². The minimum Gasteiger partial charge on any atom is -0.390 e. The molecule has 2 aromatic heterocycles. The third-order valence-electron chi connectivity index (χ3n) is 12.3. The number of aromatic nitrogens is 4. The Kier molecular flexibility index (Phi) is 27.0. The molecule has 0 spiro atoms. The van der Waals surface area contributed by atoms with Gasteiger partial charge in [0.1, 0.15) is 42.4 Å². The third-order valence-corrected chi connectivity index (χ3v) is 16.2. The van der Waals surface area contributed by atoms with Crippen LogP contribution in [0.1, 0.15) is 124 Å². The van der Waals surface area contributed by atoms with E-state index in [4.69, 9.17) is 29.0 Å². The number of nitrogens with zero attached hydrogens (tertiary/aromatic N) is 4. The normalized spacial score (nSPS) is 24.8. The van der Waals surface area contributed by atoms with Crippen molar-refractivity contribution in [1.29, 1.82) is 0 Å². The van der Waals surface area contributed by atoms with E-state index in [1.54, 1.807) is 6.92 Å². The van der Waals surface area contributed by atoms with Gasteiger partial charge < -0.3 is 70.6 Å². The van der Waals surface area contributed by atoms with Crippen molar-refractivity contribution in [3.63, 3.8) is 0 Å². The zero-order chi connectivity index (χ0) is 56.3. The van der Waals surface area contributed by atoms with Crippen LogP contribution in [-0.2, 0) is 60.2 Å². The van der Waals surface area contributed by atoms with Crippen molar-refractivity contribution in [1.82, 2.24) is 30.2 Å². The fraction of sp³-hybridized carbons (Fsp3) is 0.773. The minimum atomic E-state index is -5.59. The lowest BCUT2D eigenvalue weighted by atomic mass is 9.87. The van der Waals surface area contributed by atoms with Crippen LogP contribution in [0.15, 0.2) is 24.8 Å². The van der Waals surface area contributed by atoms with Gasteiger partial charge in [0.2, 0.25) is 16.9 Å². The summed E-state index contributed by atoms with van der Waals surface area (Å²) in [5.74, 6) is -1.16. The lowest BCUT2D eigenvalue weighted by Crippen LogP contribution is -2.48. The number of ether oxygens (including phenoxy) is 3. The largest absolute Gasteiger partial charge is 0.481 e. The summed E-state index contributed by atoms with van der Waals surface area (Å²) in [6.07, 6.45) is 7.08. The third kappa shape index (κ3) is 22.7. The highest BCUT2D eigenvalue weighted by atomic mass is 32.2. The number of imidazole rings is 1. The van der Waals surface area contributed by atoms with Gasteiger partial charge >= 0.3 is 23.5 Å². The van der Waals surface area contributed by atoms with Crippen LogP contribution < -0.4 is 16.4 Å². The summed E-state index contributed by atoms with van der Waals surface area (Å²) < 4.78 is 74.0. The molecule has 434 valence electrons. The van der Waals surface area contributed by atoms with E-state index < -0.39 is 103 Å². The first-order valence-electron chi connectivity index (χ1n) is 25.1. The number of phosphoric acid groups is 3. The fourth-order valence-corrected chi connectivity index (χ4v) is 11.4. The predicted molar refractivity (Wildman–Crippen MR) is 273 cm³/mol. The quantitative estimate of drug-likeness (QED) is 0.0268. The number of hydrogen-bond acceptors (Lipinski definition) is 22. The first kappa shape index (κ1) is 65.7. The Morgan fingerprint density at radius 3 is 2.22 bits per heavy atom. The summed E-state index contributed by atoms with van der Waals surface area (Å²) in [6, 6.07) is 0. The van der Waals surface area contributed by atoms with Crippen LogP contribution in [0.2, 0.25) is 0 Å². The van der Waals surface area contributed by atoms with E-state index >= 15 is 0 Å². The average Bonchev–Trinajstić information content (AvgIpc) is 3.90. The highest BCUT2D eigenvalue weighted by Crippen LogP contribution is 2.61. The van der Waals surface area contributed by atoms with Crippen molar-refractivity contribution in [3.05, 3.63) is 24.8 Å². The lowest BCUT2D eigenvalue weighted by molar-refractivity contribution is -0.273. The zero-order valence-corrected chi connectivity index (χ0v) is 46.5. The predicted octanol–water partition coefficient (Wildman–Crippen LogP) is 3.16. The van der Waals surface area contributed by atoms with E-state index in [0.717, 1.165) is 73.9 Å². The molecule has 0 bridgehead atoms. The van der Waals surface area contributed by atoms with Crippen molar-refractivity contribution in [2.24, 2.45) is 5.41 Å². The number of carbonyl (C=O) groups excluding carboxylic acids is 3. The van der Waals surface area contributed by atoms with Crippen molar-refractivity contribution >= 4 is 69.1 Å². The van der Waals surface area contributed by atoms with Gasteiger partial charge in [-0.1, -0.05) is 89.5 Å². The van der Waals surface area contributed by atoms with Gasteiger partial charge in [-0.25, -0.2) is 28.6 Å². The Labute approximate surface area is 445 Å². The van der Waals surface area contributed by atoms with Crippen LogP contribution >= 0.6 is 35.2 Å². The second kappa shape index (κ2) is 31.2. The van der Waals surface area contributed by atoms with Gasteiger partial charge in [-0.05, 0) is 39.2 Å². The summed E-state index contributed by atoms with van der Waals surface area (Å²) in [5, 5.41) is 46.4. The average molecular weight is 1160 g/mol. The second-order valence-corrected chi connectivity index (χ2v) is 24.6. The molecule has 4 rings (SSSR count). The molecule has 76 heavy (non-hydrogen) atoms. The molecule has 12 N–H and O–H groups in total. The maximum atomic E-state index is 12.8. The standard InChI is InChI=1S/C44H76N7O21P3S/c1-28(68-43-31(53)23-30(52)29(2)69-43)17-15-13-11-9-7-5-6-8-10-12-14-16-18-34(55)76-22-21-46-33(54)19-20-47-41(58)38(57)44(3,4)25-67-75(64,65)72-74(62,63)66-24-32-37(71-73(59,60)61)36(56)42(70-32)51-27-50-35-39(45)48-26-49-40(35)51/h16,18,26-32,36-38,42-43,52-53,56-57H,5-15,17,19-25H2,1-4H3,(H,46,54)(H,47,58)(H,62,63)(H,64,65)(H2,45,48,49)(H2,59,60,61)/b18-16+/t28-,29+,30-,31-,32-,36-,37-,38+,42-,43-/m1/s1. The van der Waals surface area contributed by atoms with E-state index in [-0.39, 0.29) is 60.2 Å². The van der Waals surface area contributed by atoms with Crippen LogP contribution in [0, 0.1) is 5.41 Å². The maximum Gasteiger partial charge on any atom is 0.481 e. The van der Waals surface area contributed by atoms with Crippen molar-refractivity contribution < 1.29 is 100 Å². The van der Waals surface area contributed by atoms with Gasteiger partial charge in [-0.2, -0.15) is 4.31 Å². The number of unbranched alkanes of at least 4 members (excludes halogenated alkanes) is 10. The number of thioether (sulfide) groups is 1. The van der Waals surface area contributed by atoms with Crippen LogP contribution in [-0.4, -0.2) is 164 Å². The highest BCUT2D eigenvalue weighted by Gasteiger charge is 2.50. The number of rotatable bonds is 35. The molecule has 2 unspecified atom stereocenters. The van der Waals surface area contributed by atoms with Gasteiger partial charge in [0.15, 0.2) is 24.0 Å². The maximum absolute atomic E-state index is 12.8. The summed E-state index contributed by atoms with van der Waals surface area (Å²) >= 11 is 1.05. The topological polar surface area (TPSA) is 423 Å². The number of allylic oxidation sites excluding steroid dienone is 1. The number of carbonyl (C=O) groups is 3. The molecule has 0 aromatic carbocycles. The SMILES string of the molecule is C[C@H](CCCCCCCCCCCC/C=C/C(=O)SCCNC(=O)CCNC(=O)[C@H](O)C(C)(C)COP(=O)(O)OP(=O)(O)OC[C@H]1O[C@@H](n2cnc3c(N)ncnc32)[C@H](O)[C@@H]1OP(=O)(O)O)O[C@@H]1O[C@@H](C)[C@H](O)C[C@H]1O. The number of aliphatic hydroxyl groups excluding tert-OH is 4. The van der Waals surface area contributed by atoms with Crippen molar-refractivity contribution in [2.75, 3.05) is 37.8 Å². The first-order chi connectivity index (χ1) is 35.7. The monoisotopic (exact) mass is 1160 g/mol. The Hall–Kier alpha value is -2.86. The molecule has 2 aliphatic rings. The Morgan fingerprint density at radius 1 is 0.908 bits per heavy atom. The summed E-state index contributed by atoms with van der Waals surface area (Å²) in [5.41, 5.74) is 4.26. The number of hydrogen-bond donors (Lipinski definition) is 11. The molecule has 0 aliphatic carbocycles. The number of nitrogen functional groups attached to an aromatic ring is 1. The number of nitrogens with one attached hydrogen (secondary N) is 2. The summed E-state index contributed by atoms with van der Waals surface area (Å²) in [6.45, 7) is 4.20. The number of amides is 2. The van der Waals surface area contributed by atoms with E-state index in [1.807, 2.05) is 13.0 Å². The van der Waals surface area contributed by atoms with E-state index in [2.05, 4.69) is 34.4 Å². The van der Waals surface area contributed by atoms with E-state index in [9.17, 15) is 68.1 Å². The molecule has 4 heterocycles. The second-order valence-electron chi connectivity index (χ2n) is 19.3. The van der Waals surface area contributed by atoms with Crippen molar-refractivity contribution in [3.8, 4) is 0 Å². The molecule has 2 fully saturated rings. The van der Waals surface area contributed by atoms with Gasteiger partial charge in [0.05, 0.1) is 37.9 Å². The van der Waals surface area contributed by atoms with Crippen LogP contribution in [0.4, 0.5) is 5.82 Å². The number of fused-ring (bicyclic) bond motifs is 1. The molecule has 2 aromatic rings. The summed E-state index contributed by atoms with van der Waals surface area (Å²) in [7, 11) is -16.5. The Morgan fingerprint density at radius 2 is 1.55 bits per heavy atom. The molecule has 2 aliphatic heterocycles. The summed E-state index contributed by atoms with van der Waals surface area (Å²) in [4.78, 5) is 88.5. The van der Waals surface area contributed by atoms with Gasteiger partial charge in [-0.3, -0.25) is 32.5 Å². The Bertz CT molecular complexity index is 2330. The van der Waals surface area contributed by atoms with E-state index in [0.29, 0.717) is 5.75 Å². The Balaban J connectivity index is 1.01. The highest BCUT2D eigenvalue weighted by molar-refractivity contribution is 8.14. The number of phosphoric ester groups is 3. The van der Waals surface area contributed by atoms with Crippen molar-refractivity contribution in [2.45, 2.75) is 179 Å². The van der Waals surface area contributed by atoms with E-state index in [1.165, 1.54) is 52.0 Å². The zero-order valence-electron chi connectivity index (χ0n) is 43.0. The molecule has 2 amide bonds. The molecule has 2 saturated heterocycles. The minimum absolute atomic E-state index is 0.0264. The number of nitrogens with two attached hydrogens (primary N) is 1. The van der Waals surface area contributed by atoms with Crippen LogP contribution in [0.25, 0.3) is 11.2 Å². The number of aliphatic hydroxyl groups is 4. The molecule has 12 atom stereocenters. The van der Waals surface area contributed by atoms with Crippen LogP contribution in [0.5, 0.6) is 0 Å². The molecule has 0 radical (unpaired) electrons. The fourth-order valence-electron chi connectivity index (χ4n) is 7.98. The smallest absolute Gasteiger partial charge is 0.390 e. The molecular formula is C44H76N7O21P3S. The van der Waals surface area contributed by atoms with Gasteiger partial charge in [-0.15, -0.1) is 0 Å². The molecular weight excluding hydrogens is 1090 g/mol. The van der Waals surface area contributed by atoms with Crippen LogP contribution in [0.3, 0.4) is 0 Å². The molecule has 32 heteroatoms. The van der Waals surface area contributed by atoms with Gasteiger partial charge in [0.25, 0.3) is 0 Å². The lowest BCUT2D eigenvalue weighted by Gasteiger charge is -2.36.